The molecule has 6 heteroatoms. The molecule has 0 saturated carbocycles. The van der Waals surface area contributed by atoms with E-state index in [0.29, 0.717) is 18.0 Å². The van der Waals surface area contributed by atoms with Crippen LogP contribution in [0.2, 0.25) is 5.02 Å². The normalized spacial score (nSPS) is 18.5. The highest BCUT2D eigenvalue weighted by atomic mass is 35.5. The first-order chi connectivity index (χ1) is 9.16. The summed E-state index contributed by atoms with van der Waals surface area (Å²) in [5.74, 6) is 0.403. The average Bonchev–Trinajstić information content (AvgIpc) is 2.91. The minimum absolute atomic E-state index is 0.0238. The van der Waals surface area contributed by atoms with E-state index in [0.717, 1.165) is 32.5 Å². The number of pyridine rings is 1. The van der Waals surface area contributed by atoms with Crippen LogP contribution in [-0.4, -0.2) is 30.6 Å². The number of aromatic amines is 1. The molecule has 1 saturated heterocycles. The first kappa shape index (κ1) is 14.1. The van der Waals surface area contributed by atoms with Gasteiger partial charge in [0.25, 0.3) is 11.5 Å². The van der Waals surface area contributed by atoms with Crippen molar-refractivity contribution < 1.29 is 9.53 Å². The summed E-state index contributed by atoms with van der Waals surface area (Å²) in [7, 11) is 0. The molecule has 0 spiro atoms. The molecule has 0 bridgehead atoms. The topological polar surface area (TPSA) is 71.2 Å². The van der Waals surface area contributed by atoms with Gasteiger partial charge in [0.2, 0.25) is 0 Å². The van der Waals surface area contributed by atoms with Crippen LogP contribution in [0.25, 0.3) is 0 Å². The van der Waals surface area contributed by atoms with Crippen molar-refractivity contribution in [3.05, 3.63) is 33.2 Å². The molecule has 1 aromatic rings. The summed E-state index contributed by atoms with van der Waals surface area (Å²) in [5, 5.41) is 2.83. The number of halogens is 1. The summed E-state index contributed by atoms with van der Waals surface area (Å²) in [6.45, 7) is 2.31. The Bertz CT molecular complexity index is 495. The van der Waals surface area contributed by atoms with E-state index < -0.39 is 0 Å². The predicted octanol–water partition coefficient (Wildman–Crippen LogP) is 1.57. The van der Waals surface area contributed by atoms with Gasteiger partial charge in [-0.05, 0) is 31.2 Å². The van der Waals surface area contributed by atoms with E-state index in [9.17, 15) is 9.59 Å². The number of rotatable bonds is 5. The molecule has 1 fully saturated rings. The van der Waals surface area contributed by atoms with Gasteiger partial charge in [0.15, 0.2) is 0 Å². The number of nitrogens with one attached hydrogen (secondary N) is 2. The first-order valence-corrected chi connectivity index (χ1v) is 6.79. The van der Waals surface area contributed by atoms with Crippen LogP contribution in [0.3, 0.4) is 0 Å². The predicted molar refractivity (Wildman–Crippen MR) is 72.6 cm³/mol. The number of hydrogen-bond acceptors (Lipinski definition) is 3. The average molecular weight is 285 g/mol. The lowest BCUT2D eigenvalue weighted by molar-refractivity contribution is 0.0952. The van der Waals surface area contributed by atoms with Crippen molar-refractivity contribution >= 4 is 17.5 Å². The molecule has 104 valence electrons. The maximum atomic E-state index is 11.8. The van der Waals surface area contributed by atoms with E-state index in [2.05, 4.69) is 10.3 Å². The molecule has 1 aliphatic rings. The van der Waals surface area contributed by atoms with Gasteiger partial charge in [-0.2, -0.15) is 0 Å². The highest BCUT2D eigenvalue weighted by Crippen LogP contribution is 2.17. The molecule has 5 nitrogen and oxygen atoms in total. The number of ether oxygens (including phenoxy) is 1. The standard InChI is InChI=1S/C13H17ClN2O3/c14-11-6-10(7-16-13(11)18)12(17)15-4-1-2-9-3-5-19-8-9/h6-7,9H,1-5,8H2,(H,15,17)(H,16,18). The minimum Gasteiger partial charge on any atom is -0.381 e. The lowest BCUT2D eigenvalue weighted by Crippen LogP contribution is -2.25. The second-order valence-electron chi connectivity index (χ2n) is 4.69. The van der Waals surface area contributed by atoms with Crippen LogP contribution >= 0.6 is 11.6 Å². The Hall–Kier alpha value is -1.33. The van der Waals surface area contributed by atoms with E-state index in [4.69, 9.17) is 16.3 Å². The maximum absolute atomic E-state index is 11.8. The van der Waals surface area contributed by atoms with Crippen molar-refractivity contribution in [1.29, 1.82) is 0 Å². The molecule has 1 unspecified atom stereocenters. The van der Waals surface area contributed by atoms with Crippen molar-refractivity contribution in [2.24, 2.45) is 5.92 Å². The number of amides is 1. The number of carbonyl (C=O) groups is 1. The van der Waals surface area contributed by atoms with Crippen molar-refractivity contribution in [2.45, 2.75) is 19.3 Å². The molecule has 1 atom stereocenters. The molecule has 2 rings (SSSR count). The lowest BCUT2D eigenvalue weighted by Gasteiger charge is -2.08. The molecule has 2 heterocycles. The molecule has 19 heavy (non-hydrogen) atoms. The van der Waals surface area contributed by atoms with Gasteiger partial charge in [0.05, 0.1) is 5.56 Å². The Kier molecular flexibility index (Phi) is 4.99. The second kappa shape index (κ2) is 6.73. The highest BCUT2D eigenvalue weighted by Gasteiger charge is 2.15. The minimum atomic E-state index is -0.389. The fourth-order valence-corrected chi connectivity index (χ4v) is 2.26. The molecule has 2 N–H and O–H groups in total. The number of aromatic nitrogens is 1. The monoisotopic (exact) mass is 284 g/mol. The van der Waals surface area contributed by atoms with Crippen LogP contribution in [-0.2, 0) is 4.74 Å². The summed E-state index contributed by atoms with van der Waals surface area (Å²) in [4.78, 5) is 25.3. The van der Waals surface area contributed by atoms with Gasteiger partial charge in [-0.15, -0.1) is 0 Å². The van der Waals surface area contributed by atoms with Crippen molar-refractivity contribution in [3.8, 4) is 0 Å². The third kappa shape index (κ3) is 4.08. The smallest absolute Gasteiger partial charge is 0.266 e. The Balaban J connectivity index is 1.74. The third-order valence-electron chi connectivity index (χ3n) is 3.22. The fourth-order valence-electron chi connectivity index (χ4n) is 2.09. The highest BCUT2D eigenvalue weighted by molar-refractivity contribution is 6.30. The number of H-pyrrole nitrogens is 1. The van der Waals surface area contributed by atoms with E-state index in [-0.39, 0.29) is 16.5 Å². The Labute approximate surface area is 116 Å². The zero-order valence-electron chi connectivity index (χ0n) is 10.6. The fraction of sp³-hybridized carbons (Fsp3) is 0.538. The molecule has 0 radical (unpaired) electrons. The van der Waals surface area contributed by atoms with Gasteiger partial charge in [0, 0.05) is 26.0 Å². The van der Waals surface area contributed by atoms with Crippen LogP contribution in [0.15, 0.2) is 17.1 Å². The summed E-state index contributed by atoms with van der Waals surface area (Å²) < 4.78 is 5.29. The molecule has 1 aliphatic heterocycles. The van der Waals surface area contributed by atoms with Gasteiger partial charge < -0.3 is 15.0 Å². The van der Waals surface area contributed by atoms with E-state index in [1.165, 1.54) is 12.3 Å². The van der Waals surface area contributed by atoms with Crippen LogP contribution in [0.4, 0.5) is 0 Å². The Morgan fingerprint density at radius 2 is 2.42 bits per heavy atom. The second-order valence-corrected chi connectivity index (χ2v) is 5.10. The van der Waals surface area contributed by atoms with Crippen LogP contribution < -0.4 is 10.9 Å². The van der Waals surface area contributed by atoms with E-state index in [1.54, 1.807) is 0 Å². The summed E-state index contributed by atoms with van der Waals surface area (Å²) >= 11 is 5.67. The van der Waals surface area contributed by atoms with E-state index >= 15 is 0 Å². The molecule has 0 aromatic carbocycles. The summed E-state index contributed by atoms with van der Waals surface area (Å²) in [5.41, 5.74) is -0.0201. The Morgan fingerprint density at radius 1 is 1.58 bits per heavy atom. The number of carbonyl (C=O) groups excluding carboxylic acids is 1. The van der Waals surface area contributed by atoms with E-state index in [1.807, 2.05) is 0 Å². The summed E-state index contributed by atoms with van der Waals surface area (Å²) in [6, 6.07) is 1.38. The van der Waals surface area contributed by atoms with Crippen LogP contribution in [0.1, 0.15) is 29.6 Å². The van der Waals surface area contributed by atoms with Crippen molar-refractivity contribution in [1.82, 2.24) is 10.3 Å². The van der Waals surface area contributed by atoms with Crippen LogP contribution in [0, 0.1) is 5.92 Å². The number of hydrogen-bond donors (Lipinski definition) is 2. The summed E-state index contributed by atoms with van der Waals surface area (Å²) in [6.07, 6.45) is 4.47. The third-order valence-corrected chi connectivity index (χ3v) is 3.50. The van der Waals surface area contributed by atoms with Gasteiger partial charge in [-0.1, -0.05) is 11.6 Å². The van der Waals surface area contributed by atoms with Gasteiger partial charge in [-0.3, -0.25) is 9.59 Å². The SMILES string of the molecule is O=C(NCCCC1CCOC1)c1c[nH]c(=O)c(Cl)c1. The molecule has 1 amide bonds. The van der Waals surface area contributed by atoms with Gasteiger partial charge >= 0.3 is 0 Å². The quantitative estimate of drug-likeness (QED) is 0.807. The molecule has 0 aliphatic carbocycles. The molecule has 1 aromatic heterocycles. The van der Waals surface area contributed by atoms with Gasteiger partial charge in [0.1, 0.15) is 5.02 Å². The van der Waals surface area contributed by atoms with Crippen LogP contribution in [0.5, 0.6) is 0 Å². The zero-order valence-corrected chi connectivity index (χ0v) is 11.3. The van der Waals surface area contributed by atoms with Crippen molar-refractivity contribution in [2.75, 3.05) is 19.8 Å². The zero-order chi connectivity index (χ0) is 13.7. The molecular formula is C13H17ClN2O3. The van der Waals surface area contributed by atoms with Gasteiger partial charge in [-0.25, -0.2) is 0 Å². The maximum Gasteiger partial charge on any atom is 0.266 e. The Morgan fingerprint density at radius 3 is 3.11 bits per heavy atom. The lowest BCUT2D eigenvalue weighted by atomic mass is 10.0. The largest absolute Gasteiger partial charge is 0.381 e. The molecular weight excluding hydrogens is 268 g/mol. The first-order valence-electron chi connectivity index (χ1n) is 6.41. The van der Waals surface area contributed by atoms with Crippen molar-refractivity contribution in [3.63, 3.8) is 0 Å².